The van der Waals surface area contributed by atoms with E-state index >= 15 is 0 Å². The fourth-order valence-corrected chi connectivity index (χ4v) is 4.09. The molecule has 0 saturated heterocycles. The van der Waals surface area contributed by atoms with Crippen LogP contribution < -0.4 is 10.0 Å². The van der Waals surface area contributed by atoms with E-state index in [-0.39, 0.29) is 16.6 Å². The van der Waals surface area contributed by atoms with Gasteiger partial charge in [-0.3, -0.25) is 9.52 Å². The van der Waals surface area contributed by atoms with E-state index in [0.717, 1.165) is 11.1 Å². The molecule has 3 aromatic carbocycles. The Morgan fingerprint density at radius 1 is 0.742 bits per heavy atom. The van der Waals surface area contributed by atoms with Crippen LogP contribution in [0.1, 0.15) is 10.4 Å². The maximum absolute atomic E-state index is 12.9. The molecule has 4 aromatic rings. The number of carbonyl (C=O) groups is 1. The first kappa shape index (κ1) is 20.3. The largest absolute Gasteiger partial charge is 0.322 e. The predicted octanol–water partition coefficient (Wildman–Crippen LogP) is 4.80. The molecule has 1 heterocycles. The molecule has 0 aliphatic rings. The standard InChI is InChI=1S/C24H19N3O3S/c28-24(22-11-5-4-10-21(22)18-8-2-1-3-9-18)26-19-13-15-20(16-14-19)31(29,30)27-23-12-6-7-17-25-23/h1-17H,(H,25,27)(H,26,28). The normalized spacial score (nSPS) is 11.0. The molecule has 0 fully saturated rings. The Bertz CT molecular complexity index is 1290. The van der Waals surface area contributed by atoms with Gasteiger partial charge >= 0.3 is 0 Å². The van der Waals surface area contributed by atoms with E-state index in [4.69, 9.17) is 0 Å². The van der Waals surface area contributed by atoms with Crippen LogP contribution >= 0.6 is 0 Å². The van der Waals surface area contributed by atoms with Gasteiger partial charge in [0.1, 0.15) is 5.82 Å². The van der Waals surface area contributed by atoms with Crippen molar-refractivity contribution in [1.82, 2.24) is 4.98 Å². The number of sulfonamides is 1. The monoisotopic (exact) mass is 429 g/mol. The maximum atomic E-state index is 12.9. The molecule has 0 saturated carbocycles. The van der Waals surface area contributed by atoms with Gasteiger partial charge in [-0.1, -0.05) is 54.6 Å². The quantitative estimate of drug-likeness (QED) is 0.461. The second-order valence-electron chi connectivity index (χ2n) is 6.71. The molecule has 2 N–H and O–H groups in total. The third-order valence-corrected chi connectivity index (χ3v) is 5.95. The van der Waals surface area contributed by atoms with Gasteiger partial charge in [0.05, 0.1) is 4.90 Å². The number of benzene rings is 3. The molecule has 0 spiro atoms. The van der Waals surface area contributed by atoms with Crippen LogP contribution in [0.25, 0.3) is 11.1 Å². The van der Waals surface area contributed by atoms with Gasteiger partial charge in [-0.05, 0) is 53.6 Å². The van der Waals surface area contributed by atoms with Gasteiger partial charge in [-0.2, -0.15) is 0 Å². The second kappa shape index (κ2) is 8.81. The van der Waals surface area contributed by atoms with E-state index in [2.05, 4.69) is 15.0 Å². The van der Waals surface area contributed by atoms with Crippen molar-refractivity contribution < 1.29 is 13.2 Å². The van der Waals surface area contributed by atoms with Crippen molar-refractivity contribution in [2.75, 3.05) is 10.0 Å². The minimum absolute atomic E-state index is 0.0702. The van der Waals surface area contributed by atoms with E-state index in [1.165, 1.54) is 18.3 Å². The smallest absolute Gasteiger partial charge is 0.263 e. The number of hydrogen-bond acceptors (Lipinski definition) is 4. The lowest BCUT2D eigenvalue weighted by Gasteiger charge is -2.11. The van der Waals surface area contributed by atoms with E-state index < -0.39 is 10.0 Å². The van der Waals surface area contributed by atoms with Crippen LogP contribution in [0.15, 0.2) is 108 Å². The molecule has 4 rings (SSSR count). The first-order valence-corrected chi connectivity index (χ1v) is 11.0. The second-order valence-corrected chi connectivity index (χ2v) is 8.39. The molecule has 0 aliphatic carbocycles. The Balaban J connectivity index is 1.52. The third-order valence-electron chi connectivity index (χ3n) is 4.58. The number of anilines is 2. The summed E-state index contributed by atoms with van der Waals surface area (Å²) in [6.45, 7) is 0. The minimum atomic E-state index is -3.78. The lowest BCUT2D eigenvalue weighted by molar-refractivity contribution is 0.102. The van der Waals surface area contributed by atoms with Crippen molar-refractivity contribution in [3.63, 3.8) is 0 Å². The van der Waals surface area contributed by atoms with Gasteiger partial charge in [-0.25, -0.2) is 13.4 Å². The molecule has 0 radical (unpaired) electrons. The van der Waals surface area contributed by atoms with Crippen LogP contribution in [0.3, 0.4) is 0 Å². The molecular weight excluding hydrogens is 410 g/mol. The van der Waals surface area contributed by atoms with Crippen LogP contribution in [-0.2, 0) is 10.0 Å². The lowest BCUT2D eigenvalue weighted by Crippen LogP contribution is -2.15. The van der Waals surface area contributed by atoms with E-state index in [9.17, 15) is 13.2 Å². The molecule has 0 bridgehead atoms. The Morgan fingerprint density at radius 2 is 1.42 bits per heavy atom. The number of carbonyl (C=O) groups excluding carboxylic acids is 1. The molecule has 1 aromatic heterocycles. The zero-order valence-corrected chi connectivity index (χ0v) is 17.2. The van der Waals surface area contributed by atoms with Gasteiger partial charge in [0.2, 0.25) is 0 Å². The van der Waals surface area contributed by atoms with Crippen molar-refractivity contribution >= 4 is 27.4 Å². The highest BCUT2D eigenvalue weighted by Gasteiger charge is 2.16. The summed E-state index contributed by atoms with van der Waals surface area (Å²) in [5.41, 5.74) is 2.78. The van der Waals surface area contributed by atoms with Gasteiger partial charge in [0.15, 0.2) is 0 Å². The SMILES string of the molecule is O=C(Nc1ccc(S(=O)(=O)Nc2ccccn2)cc1)c1ccccc1-c1ccccc1. The molecule has 1 amide bonds. The number of aromatic nitrogens is 1. The number of nitrogens with one attached hydrogen (secondary N) is 2. The van der Waals surface area contributed by atoms with Crippen molar-refractivity contribution in [3.8, 4) is 11.1 Å². The summed E-state index contributed by atoms with van der Waals surface area (Å²) in [5.74, 6) is -0.0425. The fourth-order valence-electron chi connectivity index (χ4n) is 3.09. The highest BCUT2D eigenvalue weighted by atomic mass is 32.2. The number of amides is 1. The van der Waals surface area contributed by atoms with Gasteiger partial charge in [0, 0.05) is 17.4 Å². The summed E-state index contributed by atoms with van der Waals surface area (Å²) in [6, 6.07) is 27.9. The van der Waals surface area contributed by atoms with Crippen LogP contribution in [0.5, 0.6) is 0 Å². The fraction of sp³-hybridized carbons (Fsp3) is 0. The van der Waals surface area contributed by atoms with Crippen molar-refractivity contribution in [2.24, 2.45) is 0 Å². The van der Waals surface area contributed by atoms with Crippen LogP contribution in [0, 0.1) is 0 Å². The zero-order chi connectivity index (χ0) is 21.7. The summed E-state index contributed by atoms with van der Waals surface area (Å²) < 4.78 is 27.5. The van der Waals surface area contributed by atoms with Crippen LogP contribution in [0.2, 0.25) is 0 Å². The van der Waals surface area contributed by atoms with Gasteiger partial charge in [-0.15, -0.1) is 0 Å². The molecule has 154 valence electrons. The minimum Gasteiger partial charge on any atom is -0.322 e. The van der Waals surface area contributed by atoms with E-state index in [0.29, 0.717) is 11.3 Å². The van der Waals surface area contributed by atoms with Crippen LogP contribution in [-0.4, -0.2) is 19.3 Å². The summed E-state index contributed by atoms with van der Waals surface area (Å²) in [4.78, 5) is 16.9. The highest BCUT2D eigenvalue weighted by Crippen LogP contribution is 2.25. The first-order chi connectivity index (χ1) is 15.0. The average Bonchev–Trinajstić information content (AvgIpc) is 2.80. The zero-order valence-electron chi connectivity index (χ0n) is 16.4. The summed E-state index contributed by atoms with van der Waals surface area (Å²) in [5, 5.41) is 2.83. The Labute approximate surface area is 180 Å². The third kappa shape index (κ3) is 4.79. The first-order valence-electron chi connectivity index (χ1n) is 9.53. The lowest BCUT2D eigenvalue weighted by atomic mass is 9.99. The van der Waals surface area contributed by atoms with Crippen molar-refractivity contribution in [2.45, 2.75) is 4.90 Å². The molecule has 7 heteroatoms. The molecule has 0 unspecified atom stereocenters. The summed E-state index contributed by atoms with van der Waals surface area (Å²) in [7, 11) is -3.78. The predicted molar refractivity (Wildman–Crippen MR) is 121 cm³/mol. The van der Waals surface area contributed by atoms with E-state index in [1.807, 2.05) is 42.5 Å². The van der Waals surface area contributed by atoms with Crippen molar-refractivity contribution in [3.05, 3.63) is 109 Å². The van der Waals surface area contributed by atoms with E-state index in [1.54, 1.807) is 42.5 Å². The number of rotatable bonds is 6. The summed E-state index contributed by atoms with van der Waals surface area (Å²) in [6.07, 6.45) is 1.50. The average molecular weight is 430 g/mol. The van der Waals surface area contributed by atoms with Crippen LogP contribution in [0.4, 0.5) is 11.5 Å². The maximum Gasteiger partial charge on any atom is 0.263 e. The summed E-state index contributed by atoms with van der Waals surface area (Å²) >= 11 is 0. The number of hydrogen-bond donors (Lipinski definition) is 2. The molecule has 6 nitrogen and oxygen atoms in total. The molecular formula is C24H19N3O3S. The topological polar surface area (TPSA) is 88.2 Å². The number of nitrogens with zero attached hydrogens (tertiary/aromatic N) is 1. The highest BCUT2D eigenvalue weighted by molar-refractivity contribution is 7.92. The van der Waals surface area contributed by atoms with Gasteiger partial charge in [0.25, 0.3) is 15.9 Å². The Kier molecular flexibility index (Phi) is 5.77. The molecule has 0 atom stereocenters. The molecule has 0 aliphatic heterocycles. The molecule has 31 heavy (non-hydrogen) atoms. The Hall–Kier alpha value is -3.97. The number of pyridine rings is 1. The van der Waals surface area contributed by atoms with Crippen molar-refractivity contribution in [1.29, 1.82) is 0 Å². The Morgan fingerprint density at radius 3 is 2.13 bits per heavy atom. The van der Waals surface area contributed by atoms with Gasteiger partial charge < -0.3 is 5.32 Å².